The minimum atomic E-state index is -0.268. The summed E-state index contributed by atoms with van der Waals surface area (Å²) < 4.78 is 7.05. The molecule has 176 valence electrons. The summed E-state index contributed by atoms with van der Waals surface area (Å²) in [7, 11) is 3.33. The molecule has 0 unspecified atom stereocenters. The average molecular weight is 464 g/mol. The zero-order valence-electron chi connectivity index (χ0n) is 18.9. The van der Waals surface area contributed by atoms with Crippen molar-refractivity contribution in [3.05, 3.63) is 54.0 Å². The molecule has 3 aromatic rings. The first kappa shape index (κ1) is 21.8. The first-order chi connectivity index (χ1) is 16.5. The van der Waals surface area contributed by atoms with Crippen LogP contribution < -0.4 is 10.6 Å². The van der Waals surface area contributed by atoms with Gasteiger partial charge in [0.1, 0.15) is 30.0 Å². The predicted molar refractivity (Wildman–Crippen MR) is 123 cm³/mol. The van der Waals surface area contributed by atoms with Crippen LogP contribution in [0.1, 0.15) is 40.6 Å². The molecule has 0 radical (unpaired) electrons. The van der Waals surface area contributed by atoms with Crippen molar-refractivity contribution in [3.63, 3.8) is 0 Å². The van der Waals surface area contributed by atoms with E-state index in [0.717, 1.165) is 18.5 Å². The molecule has 0 spiro atoms. The van der Waals surface area contributed by atoms with Crippen molar-refractivity contribution >= 4 is 28.8 Å². The lowest BCUT2D eigenvalue weighted by molar-refractivity contribution is 0.0757. The number of nitrogens with one attached hydrogen (secondary N) is 2. The van der Waals surface area contributed by atoms with E-state index < -0.39 is 0 Å². The molecule has 1 saturated carbocycles. The maximum Gasteiger partial charge on any atom is 0.274 e. The van der Waals surface area contributed by atoms with E-state index in [0.29, 0.717) is 52.6 Å². The van der Waals surface area contributed by atoms with Crippen LogP contribution in [0.2, 0.25) is 0 Å². The Bertz CT molecular complexity index is 1230. The number of aliphatic hydroxyl groups excluding tert-OH is 1. The summed E-state index contributed by atoms with van der Waals surface area (Å²) in [5.41, 5.74) is 3.62. The molecule has 12 heteroatoms. The minimum absolute atomic E-state index is 0.131. The smallest absolute Gasteiger partial charge is 0.274 e. The van der Waals surface area contributed by atoms with Crippen LogP contribution in [0, 0.1) is 0 Å². The number of carbonyl (C=O) groups excluding carboxylic acids is 1. The number of hydrogen-bond acceptors (Lipinski definition) is 10. The third kappa shape index (κ3) is 4.53. The third-order valence-electron chi connectivity index (χ3n) is 5.60. The van der Waals surface area contributed by atoms with Gasteiger partial charge in [0.15, 0.2) is 11.6 Å². The van der Waals surface area contributed by atoms with Crippen molar-refractivity contribution in [1.82, 2.24) is 34.6 Å². The third-order valence-corrected chi connectivity index (χ3v) is 5.60. The fourth-order valence-electron chi connectivity index (χ4n) is 3.54. The highest BCUT2D eigenvalue weighted by atomic mass is 16.6. The number of ether oxygens (including phenoxy) is 1. The summed E-state index contributed by atoms with van der Waals surface area (Å²) in [4.78, 5) is 32.1. The molecule has 1 saturated heterocycles. The Kier molecular flexibility index (Phi) is 5.80. The van der Waals surface area contributed by atoms with Crippen LogP contribution in [0.25, 0.3) is 5.70 Å². The molecule has 34 heavy (non-hydrogen) atoms. The molecule has 1 aliphatic carbocycles. The second kappa shape index (κ2) is 9.06. The first-order valence-electron chi connectivity index (χ1n) is 11.0. The first-order valence-corrected chi connectivity index (χ1v) is 11.0. The quantitative estimate of drug-likeness (QED) is 0.399. The molecule has 3 aromatic heterocycles. The van der Waals surface area contributed by atoms with E-state index in [1.165, 1.54) is 15.9 Å². The number of likely N-dealkylation sites (N-methyl/N-ethyl adjacent to an activating group) is 1. The molecule has 1 aliphatic heterocycles. The molecule has 0 aromatic carbocycles. The lowest BCUT2D eigenvalue weighted by atomic mass is 10.2. The second-order valence-corrected chi connectivity index (χ2v) is 8.21. The van der Waals surface area contributed by atoms with E-state index in [-0.39, 0.29) is 19.1 Å². The monoisotopic (exact) mass is 463 g/mol. The summed E-state index contributed by atoms with van der Waals surface area (Å²) >= 11 is 0. The van der Waals surface area contributed by atoms with Crippen molar-refractivity contribution in [2.75, 3.05) is 37.4 Å². The Morgan fingerprint density at radius 1 is 1.26 bits per heavy atom. The van der Waals surface area contributed by atoms with E-state index >= 15 is 0 Å². The highest BCUT2D eigenvalue weighted by Crippen LogP contribution is 2.41. The number of hydrogen-bond donors (Lipinski definition) is 3. The molecular formula is C22H25N9O3. The van der Waals surface area contributed by atoms with Gasteiger partial charge < -0.3 is 25.4 Å². The molecule has 2 aliphatic rings. The van der Waals surface area contributed by atoms with E-state index in [9.17, 15) is 9.90 Å². The molecule has 12 nitrogen and oxygen atoms in total. The van der Waals surface area contributed by atoms with E-state index in [2.05, 4.69) is 30.7 Å². The van der Waals surface area contributed by atoms with Crippen molar-refractivity contribution in [3.8, 4) is 0 Å². The zero-order chi connectivity index (χ0) is 23.7. The second-order valence-electron chi connectivity index (χ2n) is 8.21. The van der Waals surface area contributed by atoms with Gasteiger partial charge in [0, 0.05) is 26.6 Å². The predicted octanol–water partition coefficient (Wildman–Crippen LogP) is 1.50. The van der Waals surface area contributed by atoms with Gasteiger partial charge >= 0.3 is 0 Å². The van der Waals surface area contributed by atoms with Gasteiger partial charge in [0.05, 0.1) is 48.5 Å². The normalized spacial score (nSPS) is 16.0. The Labute approximate surface area is 195 Å². The van der Waals surface area contributed by atoms with Gasteiger partial charge in [-0.1, -0.05) is 0 Å². The highest BCUT2D eigenvalue weighted by Gasteiger charge is 2.31. The Hall–Kier alpha value is -4.06. The Balaban J connectivity index is 1.52. The number of anilines is 3. The van der Waals surface area contributed by atoms with Crippen molar-refractivity contribution in [2.24, 2.45) is 7.05 Å². The zero-order valence-corrected chi connectivity index (χ0v) is 18.9. The van der Waals surface area contributed by atoms with Gasteiger partial charge in [-0.25, -0.2) is 19.9 Å². The summed E-state index contributed by atoms with van der Waals surface area (Å²) in [6.45, 7) is 0.524. The molecule has 0 atom stereocenters. The van der Waals surface area contributed by atoms with E-state index in [1.807, 2.05) is 0 Å². The van der Waals surface area contributed by atoms with Crippen LogP contribution in [0.15, 0.2) is 36.9 Å². The molecule has 3 N–H and O–H groups in total. The number of aryl methyl sites for hydroxylation is 1. The van der Waals surface area contributed by atoms with Crippen LogP contribution in [-0.4, -0.2) is 72.4 Å². The van der Waals surface area contributed by atoms with Crippen molar-refractivity contribution in [2.45, 2.75) is 18.8 Å². The van der Waals surface area contributed by atoms with Crippen LogP contribution >= 0.6 is 0 Å². The lowest BCUT2D eigenvalue weighted by Crippen LogP contribution is -2.31. The number of epoxide rings is 1. The van der Waals surface area contributed by atoms with Crippen molar-refractivity contribution < 1.29 is 14.6 Å². The summed E-state index contributed by atoms with van der Waals surface area (Å²) in [5, 5.41) is 20.1. The van der Waals surface area contributed by atoms with Crippen LogP contribution in [-0.2, 0) is 11.8 Å². The largest absolute Gasteiger partial charge is 0.484 e. The fraction of sp³-hybridized carbons (Fsp3) is 0.364. The summed E-state index contributed by atoms with van der Waals surface area (Å²) in [5.74, 6) is 1.35. The van der Waals surface area contributed by atoms with Gasteiger partial charge in [-0.15, -0.1) is 0 Å². The Morgan fingerprint density at radius 2 is 2.03 bits per heavy atom. The van der Waals surface area contributed by atoms with Crippen LogP contribution in [0.3, 0.4) is 0 Å². The maximum absolute atomic E-state index is 13.0. The SMILES string of the molecule is CN(CCO)C(=O)c1c(N/C(=C2\CO2)c2nc(C3CC3)cnc2Nc2cncnc2)cnn1C. The maximum atomic E-state index is 13.0. The topological polar surface area (TPSA) is 147 Å². The highest BCUT2D eigenvalue weighted by molar-refractivity contribution is 6.00. The van der Waals surface area contributed by atoms with Crippen LogP contribution in [0.4, 0.5) is 17.2 Å². The van der Waals surface area contributed by atoms with Gasteiger partial charge in [0.25, 0.3) is 5.91 Å². The molecule has 4 heterocycles. The van der Waals surface area contributed by atoms with Gasteiger partial charge in [0.2, 0.25) is 0 Å². The summed E-state index contributed by atoms with van der Waals surface area (Å²) in [6, 6.07) is 0. The minimum Gasteiger partial charge on any atom is -0.484 e. The number of carbonyl (C=O) groups is 1. The molecule has 0 bridgehead atoms. The van der Waals surface area contributed by atoms with Gasteiger partial charge in [-0.3, -0.25) is 9.48 Å². The number of nitrogens with zero attached hydrogens (tertiary/aromatic N) is 7. The number of aliphatic hydroxyl groups is 1. The van der Waals surface area contributed by atoms with Crippen LogP contribution in [0.5, 0.6) is 0 Å². The molecule has 2 fully saturated rings. The molecule has 5 rings (SSSR count). The molecule has 1 amide bonds. The molecular weight excluding hydrogens is 438 g/mol. The van der Waals surface area contributed by atoms with Gasteiger partial charge in [-0.05, 0) is 12.8 Å². The average Bonchev–Trinajstić information content (AvgIpc) is 3.76. The van der Waals surface area contributed by atoms with E-state index in [4.69, 9.17) is 9.72 Å². The van der Waals surface area contributed by atoms with Crippen molar-refractivity contribution in [1.29, 1.82) is 0 Å². The van der Waals surface area contributed by atoms with Gasteiger partial charge in [-0.2, -0.15) is 5.10 Å². The number of aromatic nitrogens is 6. The summed E-state index contributed by atoms with van der Waals surface area (Å²) in [6.07, 6.45) is 10.3. The fourth-order valence-corrected chi connectivity index (χ4v) is 3.54. The standard InChI is InChI=1S/C22H25N9O3/c1-30(5-6-32)22(33)20-16(10-26-31(20)2)29-18(17-11-34-17)19-21(27-14-7-23-12-24-8-14)25-9-15(28-19)13-3-4-13/h7-10,12-13,29,32H,3-6,11H2,1-2H3,(H,25,27)/b18-17+. The lowest BCUT2D eigenvalue weighted by Gasteiger charge is -2.18. The number of rotatable bonds is 9. The number of amides is 1. The Morgan fingerprint density at radius 3 is 2.71 bits per heavy atom. The van der Waals surface area contributed by atoms with E-state index in [1.54, 1.807) is 38.9 Å².